The largest absolute Gasteiger partial charge is 0.370 e. The van der Waals surface area contributed by atoms with E-state index >= 15 is 0 Å². The molecule has 3 rings (SSSR count). The average Bonchev–Trinajstić information content (AvgIpc) is 2.76. The molecule has 1 atom stereocenters. The number of ether oxygens (including phenoxy) is 1. The van der Waals surface area contributed by atoms with E-state index in [2.05, 4.69) is 54.5 Å². The van der Waals surface area contributed by atoms with Gasteiger partial charge in [-0.15, -0.1) is 0 Å². The van der Waals surface area contributed by atoms with Crippen LogP contribution in [0, 0.1) is 13.8 Å². The first kappa shape index (κ1) is 21.8. The average molecular weight is 409 g/mol. The highest BCUT2D eigenvalue weighted by atomic mass is 16.5. The molecular formula is C24H32N4O2. The molecule has 1 amide bonds. The number of aliphatic imine (C=N–C) groups is 1. The maximum Gasteiger partial charge on any atom is 0.251 e. The van der Waals surface area contributed by atoms with Crippen molar-refractivity contribution in [2.75, 3.05) is 33.3 Å². The van der Waals surface area contributed by atoms with Gasteiger partial charge in [-0.05, 0) is 49.6 Å². The van der Waals surface area contributed by atoms with E-state index in [0.29, 0.717) is 18.7 Å². The lowest BCUT2D eigenvalue weighted by atomic mass is 10.00. The van der Waals surface area contributed by atoms with Crippen LogP contribution < -0.4 is 10.6 Å². The van der Waals surface area contributed by atoms with Crippen LogP contribution in [-0.4, -0.2) is 50.1 Å². The molecule has 1 aliphatic rings. The fourth-order valence-corrected chi connectivity index (χ4v) is 3.71. The van der Waals surface area contributed by atoms with Gasteiger partial charge in [0, 0.05) is 25.7 Å². The molecule has 2 N–H and O–H groups in total. The van der Waals surface area contributed by atoms with E-state index in [9.17, 15) is 4.79 Å². The third-order valence-electron chi connectivity index (χ3n) is 5.33. The van der Waals surface area contributed by atoms with Crippen LogP contribution in [0.1, 0.15) is 45.6 Å². The van der Waals surface area contributed by atoms with Crippen molar-refractivity contribution >= 4 is 11.9 Å². The highest BCUT2D eigenvalue weighted by Crippen LogP contribution is 2.26. The molecule has 1 heterocycles. The second-order valence-corrected chi connectivity index (χ2v) is 7.61. The van der Waals surface area contributed by atoms with E-state index in [4.69, 9.17) is 9.73 Å². The molecule has 0 aromatic heterocycles. The summed E-state index contributed by atoms with van der Waals surface area (Å²) in [6.07, 6.45) is 0.0371. The highest BCUT2D eigenvalue weighted by Gasteiger charge is 2.25. The van der Waals surface area contributed by atoms with Crippen molar-refractivity contribution in [1.29, 1.82) is 0 Å². The Morgan fingerprint density at radius 2 is 1.97 bits per heavy atom. The van der Waals surface area contributed by atoms with Gasteiger partial charge in [0.15, 0.2) is 5.96 Å². The number of aryl methyl sites for hydroxylation is 2. The SMILES string of the molecule is CCNC(=NCc1ccc(C(=O)NC)cc1)N1CCOC(c2ccc(C)cc2C)C1. The zero-order valence-corrected chi connectivity index (χ0v) is 18.4. The zero-order chi connectivity index (χ0) is 21.5. The number of amides is 1. The maximum atomic E-state index is 11.7. The third kappa shape index (κ3) is 5.39. The van der Waals surface area contributed by atoms with Crippen molar-refractivity contribution < 1.29 is 9.53 Å². The molecule has 1 aliphatic heterocycles. The van der Waals surface area contributed by atoms with Crippen molar-refractivity contribution in [2.24, 2.45) is 4.99 Å². The van der Waals surface area contributed by atoms with Gasteiger partial charge in [-0.3, -0.25) is 4.79 Å². The maximum absolute atomic E-state index is 11.7. The molecule has 0 radical (unpaired) electrons. The summed E-state index contributed by atoms with van der Waals surface area (Å²) < 4.78 is 6.09. The smallest absolute Gasteiger partial charge is 0.251 e. The monoisotopic (exact) mass is 408 g/mol. The van der Waals surface area contributed by atoms with E-state index in [1.54, 1.807) is 7.05 Å². The molecule has 1 saturated heterocycles. The van der Waals surface area contributed by atoms with E-state index < -0.39 is 0 Å². The topological polar surface area (TPSA) is 66.0 Å². The molecular weight excluding hydrogens is 376 g/mol. The minimum Gasteiger partial charge on any atom is -0.370 e. The molecule has 0 spiro atoms. The molecule has 2 aromatic carbocycles. The Bertz CT molecular complexity index is 893. The van der Waals surface area contributed by atoms with Crippen molar-refractivity contribution in [3.63, 3.8) is 0 Å². The Morgan fingerprint density at radius 1 is 1.20 bits per heavy atom. The van der Waals surface area contributed by atoms with Crippen molar-refractivity contribution in [3.8, 4) is 0 Å². The number of hydrogen-bond acceptors (Lipinski definition) is 3. The summed E-state index contributed by atoms with van der Waals surface area (Å²) >= 11 is 0. The lowest BCUT2D eigenvalue weighted by molar-refractivity contribution is -0.00834. The number of morpholine rings is 1. The Hall–Kier alpha value is -2.86. The quantitative estimate of drug-likeness (QED) is 0.589. The number of carbonyl (C=O) groups excluding carboxylic acids is 1. The van der Waals surface area contributed by atoms with Gasteiger partial charge in [0.25, 0.3) is 5.91 Å². The standard InChI is InChI=1S/C24H32N4O2/c1-5-26-24(27-15-19-7-9-20(10-8-19)23(29)25-4)28-12-13-30-22(16-28)21-11-6-17(2)14-18(21)3/h6-11,14,22H,5,12-13,15-16H2,1-4H3,(H,25,29)(H,26,27). The van der Waals surface area contributed by atoms with Crippen molar-refractivity contribution in [1.82, 2.24) is 15.5 Å². The minimum absolute atomic E-state index is 0.0371. The number of rotatable bonds is 5. The van der Waals surface area contributed by atoms with E-state index in [-0.39, 0.29) is 12.0 Å². The van der Waals surface area contributed by atoms with Gasteiger partial charge < -0.3 is 20.3 Å². The minimum atomic E-state index is -0.0795. The van der Waals surface area contributed by atoms with Crippen LogP contribution in [0.3, 0.4) is 0 Å². The van der Waals surface area contributed by atoms with Crippen molar-refractivity contribution in [3.05, 3.63) is 70.3 Å². The second-order valence-electron chi connectivity index (χ2n) is 7.61. The van der Waals surface area contributed by atoms with Crippen molar-refractivity contribution in [2.45, 2.75) is 33.4 Å². The van der Waals surface area contributed by atoms with Crippen LogP contribution in [-0.2, 0) is 11.3 Å². The summed E-state index contributed by atoms with van der Waals surface area (Å²) in [5.41, 5.74) is 5.49. The zero-order valence-electron chi connectivity index (χ0n) is 18.4. The molecule has 160 valence electrons. The first-order valence-corrected chi connectivity index (χ1v) is 10.5. The van der Waals surface area contributed by atoms with Gasteiger partial charge in [0.2, 0.25) is 0 Å². The number of benzene rings is 2. The Kier molecular flexibility index (Phi) is 7.46. The summed E-state index contributed by atoms with van der Waals surface area (Å²) in [6, 6.07) is 14.1. The van der Waals surface area contributed by atoms with Gasteiger partial charge in [-0.1, -0.05) is 35.9 Å². The van der Waals surface area contributed by atoms with Crippen LogP contribution in [0.5, 0.6) is 0 Å². The molecule has 0 saturated carbocycles. The lowest BCUT2D eigenvalue weighted by Crippen LogP contribution is -2.48. The molecule has 30 heavy (non-hydrogen) atoms. The molecule has 1 fully saturated rings. The number of nitrogens with zero attached hydrogens (tertiary/aromatic N) is 2. The van der Waals surface area contributed by atoms with Gasteiger partial charge in [-0.25, -0.2) is 4.99 Å². The first-order valence-electron chi connectivity index (χ1n) is 10.5. The van der Waals surface area contributed by atoms with Crippen LogP contribution in [0.15, 0.2) is 47.5 Å². The second kappa shape index (κ2) is 10.3. The van der Waals surface area contributed by atoms with E-state index in [1.165, 1.54) is 16.7 Å². The molecule has 6 heteroatoms. The Balaban J connectivity index is 1.72. The predicted octanol–water partition coefficient (Wildman–Crippen LogP) is 3.20. The number of guanidine groups is 1. The number of nitrogens with one attached hydrogen (secondary N) is 2. The summed E-state index contributed by atoms with van der Waals surface area (Å²) in [5, 5.41) is 6.05. The van der Waals surface area contributed by atoms with E-state index in [1.807, 2.05) is 24.3 Å². The van der Waals surface area contributed by atoms with Gasteiger partial charge in [0.1, 0.15) is 6.10 Å². The third-order valence-corrected chi connectivity index (χ3v) is 5.33. The van der Waals surface area contributed by atoms with Crippen LogP contribution >= 0.6 is 0 Å². The normalized spacial score (nSPS) is 17.0. The fourth-order valence-electron chi connectivity index (χ4n) is 3.71. The number of hydrogen-bond donors (Lipinski definition) is 2. The molecule has 2 aromatic rings. The van der Waals surface area contributed by atoms with Gasteiger partial charge in [-0.2, -0.15) is 0 Å². The summed E-state index contributed by atoms with van der Waals surface area (Å²) in [4.78, 5) is 18.8. The molecule has 6 nitrogen and oxygen atoms in total. The van der Waals surface area contributed by atoms with E-state index in [0.717, 1.165) is 31.2 Å². The molecule has 0 aliphatic carbocycles. The first-order chi connectivity index (χ1) is 14.5. The summed E-state index contributed by atoms with van der Waals surface area (Å²) in [6.45, 7) is 9.95. The van der Waals surface area contributed by atoms with Crippen LogP contribution in [0.25, 0.3) is 0 Å². The van der Waals surface area contributed by atoms with Crippen LogP contribution in [0.2, 0.25) is 0 Å². The Morgan fingerprint density at radius 3 is 2.63 bits per heavy atom. The predicted molar refractivity (Wildman–Crippen MR) is 121 cm³/mol. The summed E-state index contributed by atoms with van der Waals surface area (Å²) in [7, 11) is 1.64. The highest BCUT2D eigenvalue weighted by molar-refractivity contribution is 5.93. The van der Waals surface area contributed by atoms with Crippen LogP contribution in [0.4, 0.5) is 0 Å². The summed E-state index contributed by atoms with van der Waals surface area (Å²) in [5.74, 6) is 0.815. The van der Waals surface area contributed by atoms with Gasteiger partial charge >= 0.3 is 0 Å². The lowest BCUT2D eigenvalue weighted by Gasteiger charge is -2.36. The van der Waals surface area contributed by atoms with Gasteiger partial charge in [0.05, 0.1) is 19.7 Å². The molecule has 0 bridgehead atoms. The molecule has 1 unspecified atom stereocenters. The number of carbonyl (C=O) groups is 1. The Labute approximate surface area is 179 Å². The fraction of sp³-hybridized carbons (Fsp3) is 0.417.